The van der Waals surface area contributed by atoms with Crippen molar-refractivity contribution in [2.45, 2.75) is 51.6 Å². The van der Waals surface area contributed by atoms with E-state index in [1.54, 1.807) is 0 Å². The van der Waals surface area contributed by atoms with Crippen molar-refractivity contribution in [1.82, 2.24) is 0 Å². The number of hydrogen-bond acceptors (Lipinski definition) is 1. The molecule has 0 heterocycles. The molecular weight excluding hydrogens is 164 g/mol. The first-order valence-corrected chi connectivity index (χ1v) is 8.45. The van der Waals surface area contributed by atoms with Crippen LogP contribution in [0.3, 0.4) is 0 Å². The SMILES string of the molecule is CC(O)CC/C=C/C[Si](C)(C)C. The highest BCUT2D eigenvalue weighted by atomic mass is 28.3. The van der Waals surface area contributed by atoms with Crippen molar-refractivity contribution in [1.29, 1.82) is 0 Å². The van der Waals surface area contributed by atoms with E-state index in [0.717, 1.165) is 12.8 Å². The summed E-state index contributed by atoms with van der Waals surface area (Å²) in [5.41, 5.74) is 0. The van der Waals surface area contributed by atoms with Gasteiger partial charge in [-0.2, -0.15) is 0 Å². The highest BCUT2D eigenvalue weighted by Crippen LogP contribution is 2.09. The predicted molar refractivity (Wildman–Crippen MR) is 58.2 cm³/mol. The lowest BCUT2D eigenvalue weighted by Gasteiger charge is -2.11. The van der Waals surface area contributed by atoms with Crippen molar-refractivity contribution < 1.29 is 5.11 Å². The van der Waals surface area contributed by atoms with Crippen molar-refractivity contribution in [3.63, 3.8) is 0 Å². The molecule has 0 amide bonds. The van der Waals surface area contributed by atoms with Gasteiger partial charge in [-0.1, -0.05) is 31.8 Å². The Hall–Kier alpha value is -0.0831. The van der Waals surface area contributed by atoms with Gasteiger partial charge in [-0.25, -0.2) is 0 Å². The van der Waals surface area contributed by atoms with Crippen molar-refractivity contribution in [3.8, 4) is 0 Å². The zero-order valence-electron chi connectivity index (χ0n) is 8.80. The van der Waals surface area contributed by atoms with Gasteiger partial charge in [0, 0.05) is 8.07 Å². The number of aliphatic hydroxyl groups excluding tert-OH is 1. The number of allylic oxidation sites excluding steroid dienone is 2. The molecule has 0 rings (SSSR count). The van der Waals surface area contributed by atoms with Crippen LogP contribution in [-0.2, 0) is 0 Å². The van der Waals surface area contributed by atoms with Crippen LogP contribution < -0.4 is 0 Å². The minimum absolute atomic E-state index is 0.151. The fraction of sp³-hybridized carbons (Fsp3) is 0.800. The van der Waals surface area contributed by atoms with E-state index >= 15 is 0 Å². The molecule has 0 spiro atoms. The molecule has 0 bridgehead atoms. The molecule has 0 aromatic rings. The quantitative estimate of drug-likeness (QED) is 0.517. The van der Waals surface area contributed by atoms with E-state index in [1.807, 2.05) is 6.92 Å². The summed E-state index contributed by atoms with van der Waals surface area (Å²) < 4.78 is 0. The second kappa shape index (κ2) is 5.54. The molecule has 0 aliphatic rings. The summed E-state index contributed by atoms with van der Waals surface area (Å²) in [4.78, 5) is 0. The lowest BCUT2D eigenvalue weighted by Crippen LogP contribution is -2.17. The van der Waals surface area contributed by atoms with Gasteiger partial charge in [0.1, 0.15) is 0 Å². The van der Waals surface area contributed by atoms with Gasteiger partial charge in [0.15, 0.2) is 0 Å². The van der Waals surface area contributed by atoms with E-state index in [4.69, 9.17) is 5.11 Å². The molecule has 0 aliphatic carbocycles. The molecule has 0 saturated carbocycles. The Balaban J connectivity index is 3.38. The Bertz CT molecular complexity index is 133. The van der Waals surface area contributed by atoms with E-state index in [-0.39, 0.29) is 6.10 Å². The zero-order valence-corrected chi connectivity index (χ0v) is 9.80. The summed E-state index contributed by atoms with van der Waals surface area (Å²) in [6, 6.07) is 1.26. The van der Waals surface area contributed by atoms with Crippen molar-refractivity contribution >= 4 is 8.07 Å². The smallest absolute Gasteiger partial charge is 0.0515 e. The van der Waals surface area contributed by atoms with Crippen LogP contribution in [0.4, 0.5) is 0 Å². The van der Waals surface area contributed by atoms with Crippen LogP contribution in [0.15, 0.2) is 12.2 Å². The second-order valence-corrected chi connectivity index (χ2v) is 10.2. The molecule has 0 aromatic heterocycles. The molecule has 1 atom stereocenters. The lowest BCUT2D eigenvalue weighted by atomic mass is 10.2. The maximum Gasteiger partial charge on any atom is 0.0515 e. The summed E-state index contributed by atoms with van der Waals surface area (Å²) in [6.45, 7) is 8.94. The highest BCUT2D eigenvalue weighted by molar-refractivity contribution is 6.76. The van der Waals surface area contributed by atoms with Crippen molar-refractivity contribution in [2.75, 3.05) is 0 Å². The molecule has 72 valence electrons. The second-order valence-electron chi connectivity index (χ2n) is 4.66. The van der Waals surface area contributed by atoms with Gasteiger partial charge < -0.3 is 5.11 Å². The lowest BCUT2D eigenvalue weighted by molar-refractivity contribution is 0.186. The Morgan fingerprint density at radius 2 is 1.83 bits per heavy atom. The molecular formula is C10H22OSi. The van der Waals surface area contributed by atoms with Crippen LogP contribution >= 0.6 is 0 Å². The third-order valence-electron chi connectivity index (χ3n) is 1.65. The van der Waals surface area contributed by atoms with Gasteiger partial charge in [-0.15, -0.1) is 0 Å². The standard InChI is InChI=1S/C10H22OSi/c1-10(11)8-6-5-7-9-12(2,3)4/h5,7,10-11H,6,8-9H2,1-4H3/b7-5+. The Morgan fingerprint density at radius 1 is 1.25 bits per heavy atom. The van der Waals surface area contributed by atoms with Crippen LogP contribution in [0.1, 0.15) is 19.8 Å². The van der Waals surface area contributed by atoms with Crippen LogP contribution in [0.25, 0.3) is 0 Å². The predicted octanol–water partition coefficient (Wildman–Crippen LogP) is 3.04. The molecule has 0 saturated heterocycles. The summed E-state index contributed by atoms with van der Waals surface area (Å²) in [5, 5.41) is 8.99. The van der Waals surface area contributed by atoms with Gasteiger partial charge in [-0.05, 0) is 25.8 Å². The summed E-state index contributed by atoms with van der Waals surface area (Å²) in [5.74, 6) is 0. The van der Waals surface area contributed by atoms with E-state index in [1.165, 1.54) is 6.04 Å². The topological polar surface area (TPSA) is 20.2 Å². The number of hydrogen-bond donors (Lipinski definition) is 1. The molecule has 1 N–H and O–H groups in total. The highest BCUT2D eigenvalue weighted by Gasteiger charge is 2.08. The van der Waals surface area contributed by atoms with E-state index in [0.29, 0.717) is 0 Å². The first kappa shape index (κ1) is 11.9. The molecule has 0 aliphatic heterocycles. The van der Waals surface area contributed by atoms with Gasteiger partial charge in [0.25, 0.3) is 0 Å². The zero-order chi connectivity index (χ0) is 9.61. The first-order valence-electron chi connectivity index (χ1n) is 4.75. The van der Waals surface area contributed by atoms with Crippen molar-refractivity contribution in [2.24, 2.45) is 0 Å². The van der Waals surface area contributed by atoms with E-state index < -0.39 is 8.07 Å². The molecule has 0 aromatic carbocycles. The summed E-state index contributed by atoms with van der Waals surface area (Å²) in [7, 11) is -0.884. The maximum absolute atomic E-state index is 8.99. The minimum Gasteiger partial charge on any atom is -0.393 e. The molecule has 12 heavy (non-hydrogen) atoms. The Kier molecular flexibility index (Phi) is 5.50. The molecule has 0 radical (unpaired) electrons. The van der Waals surface area contributed by atoms with Gasteiger partial charge >= 0.3 is 0 Å². The minimum atomic E-state index is -0.884. The number of rotatable bonds is 5. The van der Waals surface area contributed by atoms with E-state index in [9.17, 15) is 0 Å². The van der Waals surface area contributed by atoms with Gasteiger partial charge in [0.05, 0.1) is 6.10 Å². The Morgan fingerprint density at radius 3 is 2.25 bits per heavy atom. The normalized spacial score (nSPS) is 15.4. The molecule has 0 fully saturated rings. The van der Waals surface area contributed by atoms with Gasteiger partial charge in [-0.3, -0.25) is 0 Å². The monoisotopic (exact) mass is 186 g/mol. The average Bonchev–Trinajstić information content (AvgIpc) is 1.83. The fourth-order valence-electron chi connectivity index (χ4n) is 0.892. The van der Waals surface area contributed by atoms with Crippen LogP contribution in [0.5, 0.6) is 0 Å². The van der Waals surface area contributed by atoms with Crippen molar-refractivity contribution in [3.05, 3.63) is 12.2 Å². The molecule has 1 unspecified atom stereocenters. The molecule has 2 heteroatoms. The number of aliphatic hydroxyl groups is 1. The largest absolute Gasteiger partial charge is 0.393 e. The third kappa shape index (κ3) is 9.92. The third-order valence-corrected chi connectivity index (χ3v) is 3.11. The summed E-state index contributed by atoms with van der Waals surface area (Å²) >= 11 is 0. The fourth-order valence-corrected chi connectivity index (χ4v) is 1.77. The summed E-state index contributed by atoms with van der Waals surface area (Å²) in [6.07, 6.45) is 6.23. The van der Waals surface area contributed by atoms with Crippen LogP contribution in [-0.4, -0.2) is 19.3 Å². The van der Waals surface area contributed by atoms with Crippen LogP contribution in [0, 0.1) is 0 Å². The Labute approximate surface area is 77.5 Å². The van der Waals surface area contributed by atoms with E-state index in [2.05, 4.69) is 31.8 Å². The first-order chi connectivity index (χ1) is 5.42. The molecule has 1 nitrogen and oxygen atoms in total. The van der Waals surface area contributed by atoms with Gasteiger partial charge in [0.2, 0.25) is 0 Å². The maximum atomic E-state index is 8.99. The van der Waals surface area contributed by atoms with Crippen LogP contribution in [0.2, 0.25) is 25.7 Å². The average molecular weight is 186 g/mol.